The third-order valence-corrected chi connectivity index (χ3v) is 2.94. The molecule has 0 spiro atoms. The van der Waals surface area contributed by atoms with E-state index >= 15 is 0 Å². The number of rotatable bonds is 8. The van der Waals surface area contributed by atoms with Gasteiger partial charge in [0, 0.05) is 0 Å². The van der Waals surface area contributed by atoms with Gasteiger partial charge in [-0.2, -0.15) is 0 Å². The molecule has 1 aromatic carbocycles. The Balaban J connectivity index is 1.91. The maximum atomic E-state index is 5.65. The van der Waals surface area contributed by atoms with Gasteiger partial charge in [0.1, 0.15) is 5.75 Å². The van der Waals surface area contributed by atoms with Gasteiger partial charge >= 0.3 is 0 Å². The van der Waals surface area contributed by atoms with Crippen LogP contribution in [0.1, 0.15) is 44.5 Å². The van der Waals surface area contributed by atoms with Crippen molar-refractivity contribution in [2.24, 2.45) is 0 Å². The number of hydrogen-bond acceptors (Lipinski definition) is 5. The second-order valence-corrected chi connectivity index (χ2v) is 4.55. The maximum Gasteiger partial charge on any atom is 0.253 e. The highest BCUT2D eigenvalue weighted by Crippen LogP contribution is 2.16. The van der Waals surface area contributed by atoms with Crippen LogP contribution in [-0.4, -0.2) is 16.7 Å². The van der Waals surface area contributed by atoms with Crippen molar-refractivity contribution in [3.63, 3.8) is 0 Å². The summed E-state index contributed by atoms with van der Waals surface area (Å²) in [5.41, 5.74) is 0. The number of nitrogens with one attached hydrogen (secondary N) is 1. The molecule has 0 radical (unpaired) electrons. The number of hydrogen-bond donors (Lipinski definition) is 1. The number of ether oxygens (including phenoxy) is 1. The van der Waals surface area contributed by atoms with E-state index in [1.165, 1.54) is 0 Å². The lowest BCUT2D eigenvalue weighted by Gasteiger charge is -2.11. The highest BCUT2D eigenvalue weighted by atomic mass is 16.5. The summed E-state index contributed by atoms with van der Waals surface area (Å²) in [5, 5.41) is 11.5. The molecule has 108 valence electrons. The van der Waals surface area contributed by atoms with Crippen LogP contribution in [0.25, 0.3) is 0 Å². The van der Waals surface area contributed by atoms with Gasteiger partial charge in [-0.3, -0.25) is 0 Å². The summed E-state index contributed by atoms with van der Waals surface area (Å²) in [6.45, 7) is 5.46. The van der Waals surface area contributed by atoms with Crippen molar-refractivity contribution in [1.82, 2.24) is 15.5 Å². The largest absolute Gasteiger partial charge is 0.484 e. The van der Waals surface area contributed by atoms with Gasteiger partial charge in [0.15, 0.2) is 6.61 Å². The van der Waals surface area contributed by atoms with E-state index in [-0.39, 0.29) is 6.04 Å². The monoisotopic (exact) mass is 275 g/mol. The predicted octanol–water partition coefficient (Wildman–Crippen LogP) is 3.10. The van der Waals surface area contributed by atoms with Crippen LogP contribution in [0.4, 0.5) is 0 Å². The van der Waals surface area contributed by atoms with Gasteiger partial charge in [0.2, 0.25) is 5.89 Å². The van der Waals surface area contributed by atoms with Gasteiger partial charge in [0.05, 0.1) is 6.04 Å². The van der Waals surface area contributed by atoms with Crippen LogP contribution in [0.5, 0.6) is 5.75 Å². The minimum Gasteiger partial charge on any atom is -0.484 e. The Bertz CT molecular complexity index is 499. The quantitative estimate of drug-likeness (QED) is 0.802. The molecule has 1 atom stereocenters. The van der Waals surface area contributed by atoms with Gasteiger partial charge in [-0.1, -0.05) is 32.0 Å². The van der Waals surface area contributed by atoms with E-state index in [0.717, 1.165) is 25.1 Å². The summed E-state index contributed by atoms with van der Waals surface area (Å²) in [6, 6.07) is 9.72. The third kappa shape index (κ3) is 4.06. The van der Waals surface area contributed by atoms with Crippen LogP contribution in [0.2, 0.25) is 0 Å². The molecule has 20 heavy (non-hydrogen) atoms. The minimum atomic E-state index is 0.118. The number of para-hydroxylation sites is 1. The lowest BCUT2D eigenvalue weighted by Crippen LogP contribution is -2.21. The summed E-state index contributed by atoms with van der Waals surface area (Å²) in [4.78, 5) is 0. The molecule has 0 saturated carbocycles. The van der Waals surface area contributed by atoms with E-state index in [2.05, 4.69) is 29.4 Å². The van der Waals surface area contributed by atoms with Crippen molar-refractivity contribution in [1.29, 1.82) is 0 Å². The molecule has 5 heteroatoms. The van der Waals surface area contributed by atoms with Crippen LogP contribution in [0, 0.1) is 0 Å². The molecule has 5 nitrogen and oxygen atoms in total. The molecule has 1 unspecified atom stereocenters. The maximum absolute atomic E-state index is 5.65. The Hall–Kier alpha value is -1.88. The first-order chi connectivity index (χ1) is 9.83. The zero-order valence-corrected chi connectivity index (χ0v) is 12.0. The molecular formula is C15H21N3O2. The number of nitrogens with zero attached hydrogens (tertiary/aromatic N) is 2. The molecule has 1 heterocycles. The molecule has 0 aliphatic rings. The summed E-state index contributed by atoms with van der Waals surface area (Å²) in [6.07, 6.45) is 2.00. The molecule has 0 fully saturated rings. The van der Waals surface area contributed by atoms with Gasteiger partial charge in [-0.15, -0.1) is 10.2 Å². The fourth-order valence-electron chi connectivity index (χ4n) is 1.85. The van der Waals surface area contributed by atoms with Crippen LogP contribution in [-0.2, 0) is 6.61 Å². The zero-order chi connectivity index (χ0) is 14.2. The highest BCUT2D eigenvalue weighted by Gasteiger charge is 2.16. The molecule has 1 aromatic heterocycles. The van der Waals surface area contributed by atoms with E-state index in [0.29, 0.717) is 18.4 Å². The average Bonchev–Trinajstić information content (AvgIpc) is 2.96. The lowest BCUT2D eigenvalue weighted by molar-refractivity contribution is 0.253. The summed E-state index contributed by atoms with van der Waals surface area (Å²) >= 11 is 0. The molecule has 0 amide bonds. The Morgan fingerprint density at radius 2 is 2.00 bits per heavy atom. The Kier molecular flexibility index (Phi) is 5.55. The molecule has 2 rings (SSSR count). The summed E-state index contributed by atoms with van der Waals surface area (Å²) in [7, 11) is 0. The van der Waals surface area contributed by atoms with Crippen molar-refractivity contribution >= 4 is 0 Å². The number of aromatic nitrogens is 2. The molecule has 1 N–H and O–H groups in total. The topological polar surface area (TPSA) is 60.2 Å². The minimum absolute atomic E-state index is 0.118. The molecule has 0 aliphatic heterocycles. The second-order valence-electron chi connectivity index (χ2n) is 4.55. The van der Waals surface area contributed by atoms with E-state index in [1.54, 1.807) is 0 Å². The second kappa shape index (κ2) is 7.65. The van der Waals surface area contributed by atoms with E-state index in [9.17, 15) is 0 Å². The fourth-order valence-corrected chi connectivity index (χ4v) is 1.85. The van der Waals surface area contributed by atoms with Gasteiger partial charge in [0.25, 0.3) is 5.89 Å². The van der Waals surface area contributed by atoms with Crippen molar-refractivity contribution in [3.05, 3.63) is 42.1 Å². The van der Waals surface area contributed by atoms with Crippen LogP contribution < -0.4 is 10.1 Å². The number of benzene rings is 1. The fraction of sp³-hybridized carbons (Fsp3) is 0.467. The van der Waals surface area contributed by atoms with Gasteiger partial charge < -0.3 is 14.5 Å². The highest BCUT2D eigenvalue weighted by molar-refractivity contribution is 5.20. The Morgan fingerprint density at radius 3 is 2.70 bits per heavy atom. The smallest absolute Gasteiger partial charge is 0.253 e. The molecule has 0 saturated heterocycles. The van der Waals surface area contributed by atoms with Crippen LogP contribution >= 0.6 is 0 Å². The molecule has 0 bridgehead atoms. The van der Waals surface area contributed by atoms with Crippen molar-refractivity contribution in [3.8, 4) is 5.75 Å². The van der Waals surface area contributed by atoms with Crippen molar-refractivity contribution < 1.29 is 9.15 Å². The first-order valence-corrected chi connectivity index (χ1v) is 7.07. The van der Waals surface area contributed by atoms with Crippen molar-refractivity contribution in [2.75, 3.05) is 6.54 Å². The standard InChI is InChI=1S/C15H21N3O2/c1-3-10-16-13(4-2)15-18-17-14(20-15)11-19-12-8-6-5-7-9-12/h5-9,13,16H,3-4,10-11H2,1-2H3. The average molecular weight is 275 g/mol. The van der Waals surface area contributed by atoms with E-state index < -0.39 is 0 Å². The lowest BCUT2D eigenvalue weighted by atomic mass is 10.2. The third-order valence-electron chi connectivity index (χ3n) is 2.94. The molecular weight excluding hydrogens is 254 g/mol. The van der Waals surface area contributed by atoms with Gasteiger partial charge in [-0.05, 0) is 31.5 Å². The van der Waals surface area contributed by atoms with Crippen LogP contribution in [0.15, 0.2) is 34.7 Å². The van der Waals surface area contributed by atoms with Crippen LogP contribution in [0.3, 0.4) is 0 Å². The summed E-state index contributed by atoms with van der Waals surface area (Å²) in [5.74, 6) is 1.93. The van der Waals surface area contributed by atoms with Crippen molar-refractivity contribution in [2.45, 2.75) is 39.3 Å². The Morgan fingerprint density at radius 1 is 1.20 bits per heavy atom. The predicted molar refractivity (Wildman–Crippen MR) is 76.4 cm³/mol. The Labute approximate surface area is 119 Å². The zero-order valence-electron chi connectivity index (χ0n) is 12.0. The SMILES string of the molecule is CCCNC(CC)c1nnc(COc2ccccc2)o1. The first kappa shape index (κ1) is 14.5. The van der Waals surface area contributed by atoms with Gasteiger partial charge in [-0.25, -0.2) is 0 Å². The van der Waals surface area contributed by atoms with E-state index in [4.69, 9.17) is 9.15 Å². The first-order valence-electron chi connectivity index (χ1n) is 7.07. The normalized spacial score (nSPS) is 12.3. The summed E-state index contributed by atoms with van der Waals surface area (Å²) < 4.78 is 11.2. The van der Waals surface area contributed by atoms with E-state index in [1.807, 2.05) is 30.3 Å². The molecule has 0 aliphatic carbocycles. The molecule has 2 aromatic rings.